The molecule has 13 atom stereocenters. The van der Waals surface area contributed by atoms with Crippen molar-refractivity contribution in [2.75, 3.05) is 41.4 Å². The maximum Gasteiger partial charge on any atom is 0.326 e. The first-order valence-electron chi connectivity index (χ1n) is 28.3. The quantitative estimate of drug-likeness (QED) is 0.0347. The summed E-state index contributed by atoms with van der Waals surface area (Å²) in [5, 5.41) is 16.1. The minimum Gasteiger partial charge on any atom is -0.480 e. The number of nitrogens with zero attached hydrogens (tertiary/aromatic N) is 4. The molecule has 3 N–H and O–H groups in total. The third-order valence-corrected chi connectivity index (χ3v) is 18.3. The van der Waals surface area contributed by atoms with Crippen LogP contribution >= 0.6 is 11.8 Å². The molecule has 76 heavy (non-hydrogen) atoms. The fourth-order valence-electron chi connectivity index (χ4n) is 11.6. The van der Waals surface area contributed by atoms with Crippen molar-refractivity contribution in [2.24, 2.45) is 35.5 Å². The lowest BCUT2D eigenvalue weighted by atomic mass is 9.76. The summed E-state index contributed by atoms with van der Waals surface area (Å²) < 4.78 is 12.1. The Morgan fingerprint density at radius 1 is 0.868 bits per heavy atom. The number of likely N-dealkylation sites (N-methyl/N-ethyl adjacent to an activating group) is 2. The van der Waals surface area contributed by atoms with Gasteiger partial charge in [-0.05, 0) is 81.5 Å². The van der Waals surface area contributed by atoms with E-state index in [1.54, 1.807) is 42.6 Å². The number of carbonyl (C=O) groups excluding carboxylic acids is 7. The molecular formula is C58H98N6O11S. The van der Waals surface area contributed by atoms with Crippen LogP contribution in [-0.4, -0.2) is 166 Å². The normalized spacial score (nSPS) is 22.6. The monoisotopic (exact) mass is 1090 g/mol. The minimum atomic E-state index is -1.15. The standard InChI is InChI=1S/C58H98N6O11S/c1-18-35(8)52(45(74-16)31-48(66)63-28-24-25-44(63)53(75-17)40(13)54(68)59-43(58(72)73)30-41-29-36(9)38(11)42(20-3)39(41)12)62(15)57(71)50(33(4)5)60-55(69)51(34(6)7)61(14)47(65)26-22-21-23-27-64-49(67)32-46(56(64)70)76-37(10)19-2/h29,33-37,39-40,43-46,50-53H,18-28,30-32H2,1-17H3,(H,59,68)(H,60,69)(H,72,73)/t35-,36?,37?,39?,40+,43-,44-,45+,46?,50-,51-,52-,53+/m0/s1. The van der Waals surface area contributed by atoms with Gasteiger partial charge in [0.2, 0.25) is 41.4 Å². The first-order valence-corrected chi connectivity index (χ1v) is 29.3. The van der Waals surface area contributed by atoms with Gasteiger partial charge in [-0.15, -0.1) is 11.8 Å². The molecule has 0 spiro atoms. The molecule has 0 aromatic carbocycles. The van der Waals surface area contributed by atoms with Crippen molar-refractivity contribution in [3.63, 3.8) is 0 Å². The number of amides is 7. The number of carboxylic acid groups (broad SMARTS) is 1. The van der Waals surface area contributed by atoms with Crippen LogP contribution in [0, 0.1) is 35.5 Å². The summed E-state index contributed by atoms with van der Waals surface area (Å²) in [6, 6.07) is -4.06. The summed E-state index contributed by atoms with van der Waals surface area (Å²) >= 11 is 1.55. The van der Waals surface area contributed by atoms with Gasteiger partial charge in [-0.3, -0.25) is 38.5 Å². The first kappa shape index (κ1) is 66.0. The number of rotatable bonds is 31. The fraction of sp³-hybridized carbons (Fsp3) is 0.793. The molecule has 18 heteroatoms. The smallest absolute Gasteiger partial charge is 0.326 e. The number of imide groups is 1. The molecule has 0 aromatic rings. The second kappa shape index (κ2) is 30.7. The number of unbranched alkanes of at least 4 members (excludes halogenated alkanes) is 2. The van der Waals surface area contributed by atoms with Crippen molar-refractivity contribution in [1.29, 1.82) is 0 Å². The highest BCUT2D eigenvalue weighted by Gasteiger charge is 2.45. The number of allylic oxidation sites excluding steroid dienone is 3. The number of thioether (sulfide) groups is 1. The van der Waals surface area contributed by atoms with Gasteiger partial charge in [-0.25, -0.2) is 4.79 Å². The van der Waals surface area contributed by atoms with E-state index < -0.39 is 66.1 Å². The maximum absolute atomic E-state index is 14.7. The minimum absolute atomic E-state index is 0.0686. The molecule has 17 nitrogen and oxygen atoms in total. The van der Waals surface area contributed by atoms with Crippen LogP contribution in [0.2, 0.25) is 0 Å². The zero-order valence-corrected chi connectivity index (χ0v) is 50.2. The van der Waals surface area contributed by atoms with E-state index in [9.17, 15) is 43.5 Å². The van der Waals surface area contributed by atoms with Gasteiger partial charge in [0.25, 0.3) is 0 Å². The van der Waals surface area contributed by atoms with Crippen LogP contribution in [0.1, 0.15) is 167 Å². The average molecular weight is 1090 g/mol. The van der Waals surface area contributed by atoms with Crippen LogP contribution in [0.3, 0.4) is 0 Å². The molecule has 0 bridgehead atoms. The molecule has 0 saturated carbocycles. The van der Waals surface area contributed by atoms with Crippen molar-refractivity contribution in [2.45, 2.75) is 220 Å². The van der Waals surface area contributed by atoms with E-state index in [0.29, 0.717) is 51.6 Å². The molecule has 3 rings (SSSR count). The second-order valence-corrected chi connectivity index (χ2v) is 24.3. The summed E-state index contributed by atoms with van der Waals surface area (Å²) in [6.07, 6.45) is 6.50. The number of hydrogen-bond donors (Lipinski definition) is 3. The number of carbonyl (C=O) groups is 8. The van der Waals surface area contributed by atoms with Gasteiger partial charge in [-0.2, -0.15) is 0 Å². The molecule has 1 aliphatic carbocycles. The number of ether oxygens (including phenoxy) is 2. The Morgan fingerprint density at radius 3 is 2.08 bits per heavy atom. The molecule has 4 unspecified atom stereocenters. The Morgan fingerprint density at radius 2 is 1.53 bits per heavy atom. The van der Waals surface area contributed by atoms with Gasteiger partial charge < -0.3 is 39.9 Å². The number of likely N-dealkylation sites (tertiary alicyclic amines) is 2. The fourth-order valence-corrected chi connectivity index (χ4v) is 12.9. The van der Waals surface area contributed by atoms with E-state index in [-0.39, 0.29) is 95.3 Å². The Hall–Kier alpha value is -4.29. The van der Waals surface area contributed by atoms with Gasteiger partial charge in [-0.1, -0.05) is 119 Å². The zero-order chi connectivity index (χ0) is 57.5. The van der Waals surface area contributed by atoms with Crippen LogP contribution in [0.15, 0.2) is 22.8 Å². The van der Waals surface area contributed by atoms with Crippen LogP contribution in [0.5, 0.6) is 0 Å². The number of nitrogens with one attached hydrogen (secondary N) is 2. The lowest BCUT2D eigenvalue weighted by Crippen LogP contribution is -2.60. The van der Waals surface area contributed by atoms with E-state index in [4.69, 9.17) is 9.47 Å². The first-order chi connectivity index (χ1) is 35.7. The van der Waals surface area contributed by atoms with Crippen LogP contribution in [0.4, 0.5) is 0 Å². The molecule has 2 aliphatic heterocycles. The Labute approximate surface area is 460 Å². The highest BCUT2D eigenvalue weighted by atomic mass is 32.2. The Bertz CT molecular complexity index is 2080. The van der Waals surface area contributed by atoms with E-state index in [0.717, 1.165) is 18.4 Å². The maximum atomic E-state index is 14.7. The number of methoxy groups -OCH3 is 2. The molecule has 0 aromatic heterocycles. The molecule has 7 amide bonds. The number of carboxylic acids is 1. The molecule has 2 saturated heterocycles. The molecule has 432 valence electrons. The predicted octanol–water partition coefficient (Wildman–Crippen LogP) is 7.65. The van der Waals surface area contributed by atoms with Gasteiger partial charge in [0.1, 0.15) is 18.1 Å². The Kier molecular flexibility index (Phi) is 26.7. The van der Waals surface area contributed by atoms with Gasteiger partial charge >= 0.3 is 5.97 Å². The van der Waals surface area contributed by atoms with Crippen molar-refractivity contribution < 1.29 is 52.9 Å². The molecule has 2 heterocycles. The third-order valence-electron chi connectivity index (χ3n) is 16.8. The molecule has 0 radical (unpaired) electrons. The zero-order valence-electron chi connectivity index (χ0n) is 49.4. The summed E-state index contributed by atoms with van der Waals surface area (Å²) in [4.78, 5) is 115. The van der Waals surface area contributed by atoms with Crippen LogP contribution in [-0.2, 0) is 47.8 Å². The van der Waals surface area contributed by atoms with Crippen molar-refractivity contribution >= 4 is 59.1 Å². The van der Waals surface area contributed by atoms with Gasteiger partial charge in [0.15, 0.2) is 0 Å². The summed E-state index contributed by atoms with van der Waals surface area (Å²) in [6.45, 7) is 26.4. The highest BCUT2D eigenvalue weighted by Crippen LogP contribution is 2.38. The van der Waals surface area contributed by atoms with E-state index >= 15 is 0 Å². The van der Waals surface area contributed by atoms with Crippen LogP contribution < -0.4 is 10.6 Å². The lowest BCUT2D eigenvalue weighted by molar-refractivity contribution is -0.149. The van der Waals surface area contributed by atoms with E-state index in [1.165, 1.54) is 35.2 Å². The third kappa shape index (κ3) is 16.9. The highest BCUT2D eigenvalue weighted by molar-refractivity contribution is 8.01. The van der Waals surface area contributed by atoms with Crippen molar-refractivity contribution in [1.82, 2.24) is 30.2 Å². The Balaban J connectivity index is 1.70. The van der Waals surface area contributed by atoms with Crippen LogP contribution in [0.25, 0.3) is 0 Å². The van der Waals surface area contributed by atoms with Gasteiger partial charge in [0, 0.05) is 59.5 Å². The van der Waals surface area contributed by atoms with Gasteiger partial charge in [0.05, 0.1) is 41.9 Å². The van der Waals surface area contributed by atoms with E-state index in [2.05, 4.69) is 58.3 Å². The summed E-state index contributed by atoms with van der Waals surface area (Å²) in [7, 11) is 6.28. The number of hydrogen-bond acceptors (Lipinski definition) is 11. The summed E-state index contributed by atoms with van der Waals surface area (Å²) in [5.41, 5.74) is 3.58. The largest absolute Gasteiger partial charge is 0.480 e. The SMILES string of the molecule is CCC1=C(C)C(C)C=C(C[C@H](NC(=O)[C@H](C)[C@@H](OC)[C@@H]2CCCN2C(=O)C[C@@H](OC)[C@H]([C@@H](C)CC)N(C)C(=O)[C@@H](NC(=O)[C@H](C(C)C)N(C)C(=O)CCCCCN2C(=O)CC(SC(C)CC)C2=O)C(C)C)C(=O)O)C1C. The topological polar surface area (TPSA) is 212 Å². The van der Waals surface area contributed by atoms with Crippen molar-refractivity contribution in [3.8, 4) is 0 Å². The summed E-state index contributed by atoms with van der Waals surface area (Å²) in [5.74, 6) is -4.50. The average Bonchev–Trinajstić information content (AvgIpc) is 3.96. The second-order valence-electron chi connectivity index (χ2n) is 22.7. The molecule has 2 fully saturated rings. The molecular weight excluding hydrogens is 989 g/mol. The number of aliphatic carboxylic acids is 1. The van der Waals surface area contributed by atoms with Crippen molar-refractivity contribution in [3.05, 3.63) is 22.8 Å². The molecule has 3 aliphatic rings. The predicted molar refractivity (Wildman–Crippen MR) is 299 cm³/mol. The van der Waals surface area contributed by atoms with E-state index in [1.807, 2.05) is 41.5 Å². The lowest BCUT2D eigenvalue weighted by Gasteiger charge is -2.41.